The first-order valence-corrected chi connectivity index (χ1v) is 8.15. The molecule has 0 radical (unpaired) electrons. The molecule has 0 unspecified atom stereocenters. The van der Waals surface area contributed by atoms with Gasteiger partial charge in [0.15, 0.2) is 0 Å². The number of amides is 1. The Hall–Kier alpha value is -0.810. The van der Waals surface area contributed by atoms with E-state index < -0.39 is 5.60 Å². The topological polar surface area (TPSA) is 42.0 Å². The number of nitrogens with zero attached hydrogens (tertiary/aromatic N) is 2. The highest BCUT2D eigenvalue weighted by Gasteiger charge is 2.30. The summed E-state index contributed by atoms with van der Waals surface area (Å²) in [6, 6.07) is 0.482. The maximum absolute atomic E-state index is 12.2. The minimum Gasteiger partial charge on any atom is -0.444 e. The fraction of sp³-hybridized carbons (Fsp3) is 0.938. The SMILES string of the molecule is C[C@H]1COCCN1C[C@@H]1CCCN(C(=O)OC(C)(C)C)C1. The number of piperidine rings is 1. The first kappa shape index (κ1) is 16.6. The van der Waals surface area contributed by atoms with Crippen LogP contribution in [0.5, 0.6) is 0 Å². The van der Waals surface area contributed by atoms with Crippen LogP contribution in [-0.4, -0.2) is 66.9 Å². The molecule has 2 fully saturated rings. The molecule has 2 atom stereocenters. The molecule has 0 aromatic carbocycles. The van der Waals surface area contributed by atoms with Crippen molar-refractivity contribution >= 4 is 6.09 Å². The van der Waals surface area contributed by atoms with E-state index in [1.165, 1.54) is 6.42 Å². The fourth-order valence-corrected chi connectivity index (χ4v) is 3.07. The lowest BCUT2D eigenvalue weighted by Crippen LogP contribution is -2.50. The maximum Gasteiger partial charge on any atom is 0.410 e. The van der Waals surface area contributed by atoms with Crippen LogP contribution in [-0.2, 0) is 9.47 Å². The van der Waals surface area contributed by atoms with E-state index in [-0.39, 0.29) is 6.09 Å². The lowest BCUT2D eigenvalue weighted by molar-refractivity contribution is -0.0170. The number of rotatable bonds is 2. The Kier molecular flexibility index (Phi) is 5.49. The first-order chi connectivity index (χ1) is 9.85. The van der Waals surface area contributed by atoms with E-state index in [1.807, 2.05) is 25.7 Å². The van der Waals surface area contributed by atoms with Crippen molar-refractivity contribution in [3.63, 3.8) is 0 Å². The van der Waals surface area contributed by atoms with Crippen molar-refractivity contribution in [3.8, 4) is 0 Å². The summed E-state index contributed by atoms with van der Waals surface area (Å²) in [5.74, 6) is 0.548. The van der Waals surface area contributed by atoms with Gasteiger partial charge >= 0.3 is 6.09 Å². The monoisotopic (exact) mass is 298 g/mol. The molecule has 2 heterocycles. The molecule has 21 heavy (non-hydrogen) atoms. The highest BCUT2D eigenvalue weighted by molar-refractivity contribution is 5.68. The van der Waals surface area contributed by atoms with E-state index >= 15 is 0 Å². The van der Waals surface area contributed by atoms with E-state index in [4.69, 9.17) is 9.47 Å². The molecular formula is C16H30N2O3. The van der Waals surface area contributed by atoms with Gasteiger partial charge in [0.25, 0.3) is 0 Å². The minimum atomic E-state index is -0.414. The van der Waals surface area contributed by atoms with Gasteiger partial charge in [-0.15, -0.1) is 0 Å². The number of hydrogen-bond acceptors (Lipinski definition) is 4. The van der Waals surface area contributed by atoms with Crippen LogP contribution < -0.4 is 0 Å². The van der Waals surface area contributed by atoms with Crippen LogP contribution in [0.4, 0.5) is 4.79 Å². The second-order valence-electron chi connectivity index (χ2n) is 7.35. The number of carbonyl (C=O) groups is 1. The van der Waals surface area contributed by atoms with Gasteiger partial charge in [0.2, 0.25) is 0 Å². The average Bonchev–Trinajstić information content (AvgIpc) is 2.40. The average molecular weight is 298 g/mol. The predicted molar refractivity (Wildman–Crippen MR) is 82.4 cm³/mol. The zero-order chi connectivity index (χ0) is 15.5. The van der Waals surface area contributed by atoms with Gasteiger partial charge in [-0.05, 0) is 46.5 Å². The molecule has 0 aromatic rings. The quantitative estimate of drug-likeness (QED) is 0.785. The standard InChI is InChI=1S/C16H30N2O3/c1-13-12-20-9-8-17(13)10-14-6-5-7-18(11-14)15(19)21-16(2,3)4/h13-14H,5-12H2,1-4H3/t13-,14-/m0/s1. The Balaban J connectivity index is 1.84. The summed E-state index contributed by atoms with van der Waals surface area (Å²) in [6.07, 6.45) is 2.11. The molecule has 0 aliphatic carbocycles. The van der Waals surface area contributed by atoms with Gasteiger partial charge in [0.05, 0.1) is 13.2 Å². The van der Waals surface area contributed by atoms with Crippen LogP contribution in [0.2, 0.25) is 0 Å². The molecule has 0 bridgehead atoms. The highest BCUT2D eigenvalue weighted by atomic mass is 16.6. The van der Waals surface area contributed by atoms with Gasteiger partial charge in [0.1, 0.15) is 5.60 Å². The first-order valence-electron chi connectivity index (χ1n) is 8.15. The Morgan fingerprint density at radius 2 is 2.10 bits per heavy atom. The molecular weight excluding hydrogens is 268 g/mol. The van der Waals surface area contributed by atoms with Crippen molar-refractivity contribution < 1.29 is 14.3 Å². The summed E-state index contributed by atoms with van der Waals surface area (Å²) in [7, 11) is 0. The third-order valence-electron chi connectivity index (χ3n) is 4.17. The third kappa shape index (κ3) is 5.15. The van der Waals surface area contributed by atoms with E-state index in [0.29, 0.717) is 12.0 Å². The van der Waals surface area contributed by atoms with Crippen molar-refractivity contribution in [2.45, 2.75) is 52.2 Å². The Labute approximate surface area is 128 Å². The van der Waals surface area contributed by atoms with Gasteiger partial charge in [-0.2, -0.15) is 0 Å². The van der Waals surface area contributed by atoms with Crippen LogP contribution in [0.25, 0.3) is 0 Å². The van der Waals surface area contributed by atoms with Gasteiger partial charge in [-0.3, -0.25) is 4.90 Å². The molecule has 0 spiro atoms. The van der Waals surface area contributed by atoms with Crippen LogP contribution >= 0.6 is 0 Å². The van der Waals surface area contributed by atoms with E-state index in [2.05, 4.69) is 11.8 Å². The summed E-state index contributed by atoms with van der Waals surface area (Å²) in [6.45, 7) is 13.3. The number of carbonyl (C=O) groups excluding carboxylic acids is 1. The van der Waals surface area contributed by atoms with Crippen molar-refractivity contribution in [2.75, 3.05) is 39.4 Å². The van der Waals surface area contributed by atoms with Gasteiger partial charge in [-0.1, -0.05) is 0 Å². The molecule has 0 aromatic heterocycles. The Morgan fingerprint density at radius 1 is 1.33 bits per heavy atom. The molecule has 5 nitrogen and oxygen atoms in total. The lowest BCUT2D eigenvalue weighted by Gasteiger charge is -2.39. The van der Waals surface area contributed by atoms with E-state index in [9.17, 15) is 4.79 Å². The third-order valence-corrected chi connectivity index (χ3v) is 4.17. The minimum absolute atomic E-state index is 0.165. The molecule has 2 aliphatic rings. The van der Waals surface area contributed by atoms with Crippen molar-refractivity contribution in [3.05, 3.63) is 0 Å². The van der Waals surface area contributed by atoms with Crippen molar-refractivity contribution in [1.82, 2.24) is 9.80 Å². The van der Waals surface area contributed by atoms with Crippen LogP contribution in [0.15, 0.2) is 0 Å². The van der Waals surface area contributed by atoms with Crippen LogP contribution in [0, 0.1) is 5.92 Å². The summed E-state index contributed by atoms with van der Waals surface area (Å²) in [5, 5.41) is 0. The summed E-state index contributed by atoms with van der Waals surface area (Å²) >= 11 is 0. The fourth-order valence-electron chi connectivity index (χ4n) is 3.07. The largest absolute Gasteiger partial charge is 0.444 e. The molecule has 5 heteroatoms. The zero-order valence-electron chi connectivity index (χ0n) is 13.9. The summed E-state index contributed by atoms with van der Waals surface area (Å²) < 4.78 is 11.0. The van der Waals surface area contributed by atoms with Crippen molar-refractivity contribution in [2.24, 2.45) is 5.92 Å². The Bertz CT molecular complexity index is 354. The summed E-state index contributed by atoms with van der Waals surface area (Å²) in [4.78, 5) is 16.6. The van der Waals surface area contributed by atoms with Gasteiger partial charge in [-0.25, -0.2) is 4.79 Å². The molecule has 2 saturated heterocycles. The zero-order valence-corrected chi connectivity index (χ0v) is 13.9. The molecule has 1 amide bonds. The molecule has 0 saturated carbocycles. The summed E-state index contributed by atoms with van der Waals surface area (Å²) in [5.41, 5.74) is -0.414. The second-order valence-corrected chi connectivity index (χ2v) is 7.35. The van der Waals surface area contributed by atoms with E-state index in [0.717, 1.165) is 45.8 Å². The highest BCUT2D eigenvalue weighted by Crippen LogP contribution is 2.21. The number of morpholine rings is 1. The number of likely N-dealkylation sites (tertiary alicyclic amines) is 1. The molecule has 2 rings (SSSR count). The van der Waals surface area contributed by atoms with Gasteiger partial charge < -0.3 is 14.4 Å². The number of ether oxygens (including phenoxy) is 2. The second kappa shape index (κ2) is 6.97. The van der Waals surface area contributed by atoms with Crippen LogP contribution in [0.1, 0.15) is 40.5 Å². The maximum atomic E-state index is 12.2. The van der Waals surface area contributed by atoms with Crippen molar-refractivity contribution in [1.29, 1.82) is 0 Å². The predicted octanol–water partition coefficient (Wildman–Crippen LogP) is 2.35. The lowest BCUT2D eigenvalue weighted by atomic mass is 9.97. The molecule has 2 aliphatic heterocycles. The van der Waals surface area contributed by atoms with E-state index in [1.54, 1.807) is 0 Å². The normalized spacial score (nSPS) is 28.5. The van der Waals surface area contributed by atoms with Crippen LogP contribution in [0.3, 0.4) is 0 Å². The van der Waals surface area contributed by atoms with Gasteiger partial charge in [0, 0.05) is 32.2 Å². The molecule has 0 N–H and O–H groups in total. The Morgan fingerprint density at radius 3 is 2.76 bits per heavy atom. The smallest absolute Gasteiger partial charge is 0.410 e. The molecule has 122 valence electrons. The number of hydrogen-bond donors (Lipinski definition) is 0.